The number of hydrogen-bond donors (Lipinski definition) is 1. The highest BCUT2D eigenvalue weighted by molar-refractivity contribution is 5.46. The molecule has 1 aromatic rings. The second-order valence-electron chi connectivity index (χ2n) is 4.30. The molecule has 2 aliphatic heterocycles. The number of hydrogen-bond acceptors (Lipinski definition) is 3. The van der Waals surface area contributed by atoms with Gasteiger partial charge in [-0.1, -0.05) is 6.92 Å². The standard InChI is InChI=1S/C11H12O3/c1-11-5-10(13-6-11)14-9-3-2-7(12)4-8(9)11/h2-4,10,12H,5-6H2,1H3/t10?,11-/m0/s1. The number of phenols is 1. The molecule has 3 nitrogen and oxygen atoms in total. The molecule has 0 radical (unpaired) electrons. The molecule has 3 rings (SSSR count). The monoisotopic (exact) mass is 192 g/mol. The van der Waals surface area contributed by atoms with Crippen molar-refractivity contribution in [2.45, 2.75) is 25.0 Å². The zero-order chi connectivity index (χ0) is 9.76. The van der Waals surface area contributed by atoms with Gasteiger partial charge >= 0.3 is 0 Å². The summed E-state index contributed by atoms with van der Waals surface area (Å²) in [4.78, 5) is 0. The van der Waals surface area contributed by atoms with E-state index in [0.717, 1.165) is 17.7 Å². The third-order valence-electron chi connectivity index (χ3n) is 3.08. The molecule has 2 bridgehead atoms. The van der Waals surface area contributed by atoms with E-state index in [2.05, 4.69) is 6.92 Å². The van der Waals surface area contributed by atoms with Crippen LogP contribution in [0.3, 0.4) is 0 Å². The minimum absolute atomic E-state index is 0.0109. The number of ether oxygens (including phenoxy) is 2. The number of phenolic OH excluding ortho intramolecular Hbond substituents is 1. The largest absolute Gasteiger partial charge is 0.508 e. The topological polar surface area (TPSA) is 38.7 Å². The summed E-state index contributed by atoms with van der Waals surface area (Å²) in [6, 6.07) is 5.23. The zero-order valence-corrected chi connectivity index (χ0v) is 7.99. The van der Waals surface area contributed by atoms with Crippen LogP contribution >= 0.6 is 0 Å². The lowest BCUT2D eigenvalue weighted by atomic mass is 9.80. The summed E-state index contributed by atoms with van der Waals surface area (Å²) < 4.78 is 11.1. The quantitative estimate of drug-likeness (QED) is 0.681. The fourth-order valence-corrected chi connectivity index (χ4v) is 2.26. The Morgan fingerprint density at radius 1 is 1.50 bits per heavy atom. The highest BCUT2D eigenvalue weighted by Gasteiger charge is 2.44. The smallest absolute Gasteiger partial charge is 0.200 e. The van der Waals surface area contributed by atoms with Gasteiger partial charge in [0.05, 0.1) is 6.61 Å². The van der Waals surface area contributed by atoms with Crippen molar-refractivity contribution in [3.63, 3.8) is 0 Å². The van der Waals surface area contributed by atoms with Crippen molar-refractivity contribution in [2.24, 2.45) is 0 Å². The van der Waals surface area contributed by atoms with Gasteiger partial charge in [0.1, 0.15) is 11.5 Å². The SMILES string of the molecule is C[C@@]12COC(C1)Oc1ccc(O)cc12. The van der Waals surface area contributed by atoms with E-state index in [1.165, 1.54) is 0 Å². The second-order valence-corrected chi connectivity index (χ2v) is 4.30. The molecular formula is C11H12O3. The number of benzene rings is 1. The van der Waals surface area contributed by atoms with Gasteiger partial charge in [-0.15, -0.1) is 0 Å². The Balaban J connectivity index is 2.19. The third-order valence-corrected chi connectivity index (χ3v) is 3.08. The van der Waals surface area contributed by atoms with Crippen LogP contribution in [0.15, 0.2) is 18.2 Å². The normalized spacial score (nSPS) is 33.6. The molecule has 0 saturated carbocycles. The van der Waals surface area contributed by atoms with Crippen molar-refractivity contribution in [3.8, 4) is 11.5 Å². The van der Waals surface area contributed by atoms with Gasteiger partial charge in [-0.25, -0.2) is 0 Å². The van der Waals surface area contributed by atoms with Crippen LogP contribution in [0.2, 0.25) is 0 Å². The summed E-state index contributed by atoms with van der Waals surface area (Å²) in [6.07, 6.45) is 0.778. The Bertz CT molecular complexity index is 388. The predicted octanol–water partition coefficient (Wildman–Crippen LogP) is 1.79. The lowest BCUT2D eigenvalue weighted by Gasteiger charge is -2.29. The first-order chi connectivity index (χ1) is 6.67. The maximum atomic E-state index is 9.43. The van der Waals surface area contributed by atoms with Crippen LogP contribution in [-0.2, 0) is 10.2 Å². The Morgan fingerprint density at radius 2 is 2.36 bits per heavy atom. The van der Waals surface area contributed by atoms with Crippen LogP contribution in [0.5, 0.6) is 11.5 Å². The molecule has 0 aromatic heterocycles. The molecule has 1 aromatic carbocycles. The van der Waals surface area contributed by atoms with Crippen molar-refractivity contribution in [2.75, 3.05) is 6.61 Å². The lowest BCUT2D eigenvalue weighted by molar-refractivity contribution is -0.0380. The average molecular weight is 192 g/mol. The molecule has 1 fully saturated rings. The van der Waals surface area contributed by atoms with E-state index in [9.17, 15) is 5.11 Å². The van der Waals surface area contributed by atoms with Crippen LogP contribution in [0, 0.1) is 0 Å². The molecule has 1 saturated heterocycles. The van der Waals surface area contributed by atoms with Gasteiger partial charge in [0, 0.05) is 17.4 Å². The second kappa shape index (κ2) is 2.42. The highest BCUT2D eigenvalue weighted by atomic mass is 16.7. The van der Waals surface area contributed by atoms with E-state index in [-0.39, 0.29) is 11.7 Å². The molecule has 2 atom stereocenters. The van der Waals surface area contributed by atoms with Crippen LogP contribution in [-0.4, -0.2) is 18.0 Å². The van der Waals surface area contributed by atoms with Crippen molar-refractivity contribution < 1.29 is 14.6 Å². The molecule has 0 spiro atoms. The van der Waals surface area contributed by atoms with Gasteiger partial charge in [-0.05, 0) is 18.2 Å². The Labute approximate surface area is 82.3 Å². The predicted molar refractivity (Wildman–Crippen MR) is 50.4 cm³/mol. The van der Waals surface area contributed by atoms with E-state index < -0.39 is 0 Å². The van der Waals surface area contributed by atoms with Gasteiger partial charge < -0.3 is 14.6 Å². The molecule has 2 heterocycles. The summed E-state index contributed by atoms with van der Waals surface area (Å²) in [6.45, 7) is 2.82. The zero-order valence-electron chi connectivity index (χ0n) is 7.99. The number of rotatable bonds is 0. The third kappa shape index (κ3) is 0.960. The van der Waals surface area contributed by atoms with Crippen LogP contribution < -0.4 is 4.74 Å². The van der Waals surface area contributed by atoms with Crippen molar-refractivity contribution in [1.82, 2.24) is 0 Å². The van der Waals surface area contributed by atoms with Gasteiger partial charge in [-0.3, -0.25) is 0 Å². The molecule has 1 N–H and O–H groups in total. The number of aromatic hydroxyl groups is 1. The van der Waals surface area contributed by atoms with Crippen molar-refractivity contribution in [1.29, 1.82) is 0 Å². The van der Waals surface area contributed by atoms with E-state index in [0.29, 0.717) is 12.4 Å². The van der Waals surface area contributed by atoms with Gasteiger partial charge in [0.25, 0.3) is 0 Å². The highest BCUT2D eigenvalue weighted by Crippen LogP contribution is 2.46. The minimum atomic E-state index is -0.1000. The fraction of sp³-hybridized carbons (Fsp3) is 0.455. The average Bonchev–Trinajstić information content (AvgIpc) is 2.47. The summed E-state index contributed by atoms with van der Waals surface area (Å²) in [5.74, 6) is 1.14. The maximum Gasteiger partial charge on any atom is 0.200 e. The van der Waals surface area contributed by atoms with Crippen LogP contribution in [0.1, 0.15) is 18.9 Å². The molecule has 14 heavy (non-hydrogen) atoms. The van der Waals surface area contributed by atoms with E-state index in [4.69, 9.17) is 9.47 Å². The molecule has 3 heteroatoms. The maximum absolute atomic E-state index is 9.43. The summed E-state index contributed by atoms with van der Waals surface area (Å²) in [5.41, 5.74) is 1.07. The first-order valence-electron chi connectivity index (χ1n) is 4.79. The van der Waals surface area contributed by atoms with E-state index >= 15 is 0 Å². The molecule has 2 aliphatic rings. The van der Waals surface area contributed by atoms with Gasteiger partial charge in [0.15, 0.2) is 0 Å². The molecule has 0 amide bonds. The molecule has 1 unspecified atom stereocenters. The minimum Gasteiger partial charge on any atom is -0.508 e. The van der Waals surface area contributed by atoms with Crippen LogP contribution in [0.4, 0.5) is 0 Å². The Kier molecular flexibility index (Phi) is 1.40. The van der Waals surface area contributed by atoms with Crippen LogP contribution in [0.25, 0.3) is 0 Å². The molecular weight excluding hydrogens is 180 g/mol. The van der Waals surface area contributed by atoms with E-state index in [1.807, 2.05) is 6.07 Å². The molecule has 0 aliphatic carbocycles. The summed E-state index contributed by atoms with van der Waals surface area (Å²) in [7, 11) is 0. The molecule has 74 valence electrons. The van der Waals surface area contributed by atoms with E-state index in [1.54, 1.807) is 12.1 Å². The first kappa shape index (κ1) is 8.12. The van der Waals surface area contributed by atoms with Gasteiger partial charge in [-0.2, -0.15) is 0 Å². The van der Waals surface area contributed by atoms with Crippen molar-refractivity contribution >= 4 is 0 Å². The van der Waals surface area contributed by atoms with Gasteiger partial charge in [0.2, 0.25) is 6.29 Å². The summed E-state index contributed by atoms with van der Waals surface area (Å²) in [5, 5.41) is 9.43. The lowest BCUT2D eigenvalue weighted by Crippen LogP contribution is -2.28. The number of fused-ring (bicyclic) bond motifs is 4. The fourth-order valence-electron chi connectivity index (χ4n) is 2.26. The Morgan fingerprint density at radius 3 is 3.21 bits per heavy atom. The Hall–Kier alpha value is -1.22. The van der Waals surface area contributed by atoms with Crippen molar-refractivity contribution in [3.05, 3.63) is 23.8 Å². The first-order valence-corrected chi connectivity index (χ1v) is 4.79. The summed E-state index contributed by atoms with van der Waals surface area (Å²) >= 11 is 0.